The van der Waals surface area contributed by atoms with Crippen LogP contribution < -0.4 is 15.8 Å². The molecule has 2 aromatic heterocycles. The molecule has 8 nitrogen and oxygen atoms in total. The van der Waals surface area contributed by atoms with E-state index in [0.29, 0.717) is 10.3 Å². The van der Waals surface area contributed by atoms with Crippen molar-refractivity contribution < 1.29 is 4.79 Å². The molecule has 0 unspecified atom stereocenters. The van der Waals surface area contributed by atoms with Gasteiger partial charge in [0.05, 0.1) is 0 Å². The van der Waals surface area contributed by atoms with Crippen LogP contribution in [0.1, 0.15) is 12.5 Å². The van der Waals surface area contributed by atoms with Gasteiger partial charge in [0.2, 0.25) is 5.91 Å². The first-order valence-electron chi connectivity index (χ1n) is 9.74. The van der Waals surface area contributed by atoms with Crippen molar-refractivity contribution in [2.45, 2.75) is 20.4 Å². The van der Waals surface area contributed by atoms with Gasteiger partial charge in [-0.3, -0.25) is 14.2 Å². The number of hydrogen-bond donors (Lipinski definition) is 1. The highest BCUT2D eigenvalue weighted by molar-refractivity contribution is 7.22. The van der Waals surface area contributed by atoms with Gasteiger partial charge in [0.25, 0.3) is 5.56 Å². The van der Waals surface area contributed by atoms with Gasteiger partial charge in [0.1, 0.15) is 17.6 Å². The average Bonchev–Trinajstić information content (AvgIpc) is 3.17. The summed E-state index contributed by atoms with van der Waals surface area (Å²) in [4.78, 5) is 38.7. The summed E-state index contributed by atoms with van der Waals surface area (Å²) in [7, 11) is 0. The predicted octanol–water partition coefficient (Wildman–Crippen LogP) is 1.94. The quantitative estimate of drug-likeness (QED) is 0.690. The van der Waals surface area contributed by atoms with Crippen LogP contribution in [0.25, 0.3) is 10.3 Å². The summed E-state index contributed by atoms with van der Waals surface area (Å²) >= 11 is 1.36. The number of carbonyl (C=O) groups excluding carboxylic acids is 1. The molecule has 0 saturated carbocycles. The first-order chi connectivity index (χ1) is 14.0. The summed E-state index contributed by atoms with van der Waals surface area (Å²) in [6.45, 7) is 8.81. The van der Waals surface area contributed by atoms with Crippen molar-refractivity contribution in [3.63, 3.8) is 0 Å². The molecule has 1 amide bonds. The largest absolute Gasteiger partial charge is 0.345 e. The zero-order valence-corrected chi connectivity index (χ0v) is 17.4. The lowest BCUT2D eigenvalue weighted by atomic mass is 10.2. The van der Waals surface area contributed by atoms with Crippen molar-refractivity contribution >= 4 is 38.4 Å². The lowest BCUT2D eigenvalue weighted by molar-refractivity contribution is -0.116. The van der Waals surface area contributed by atoms with E-state index in [-0.39, 0.29) is 18.0 Å². The van der Waals surface area contributed by atoms with E-state index in [1.807, 2.05) is 31.2 Å². The lowest BCUT2D eigenvalue weighted by Crippen LogP contribution is -2.46. The molecule has 29 heavy (non-hydrogen) atoms. The molecule has 152 valence electrons. The number of thiazole rings is 1. The number of fused-ring (bicyclic) bond motifs is 1. The third-order valence-electron chi connectivity index (χ3n) is 5.20. The maximum absolute atomic E-state index is 12.9. The summed E-state index contributed by atoms with van der Waals surface area (Å²) in [6, 6.07) is 7.54. The summed E-state index contributed by atoms with van der Waals surface area (Å²) in [5.74, 6) is -0.261. The van der Waals surface area contributed by atoms with Crippen LogP contribution in [-0.4, -0.2) is 58.1 Å². The van der Waals surface area contributed by atoms with Gasteiger partial charge in [-0.1, -0.05) is 36.5 Å². The Kier molecular flexibility index (Phi) is 5.59. The first kappa shape index (κ1) is 19.5. The standard InChI is InChI=1S/C20H24N6O2S/c1-3-24-8-10-25(11-9-24)20-23-18-17(29-20)19(28)26(13-21-18)12-16(27)22-15-7-5-4-6-14(15)2/h4-7,13H,3,8-12H2,1-2H3,(H,22,27). The highest BCUT2D eigenvalue weighted by Crippen LogP contribution is 2.26. The number of rotatable bonds is 5. The summed E-state index contributed by atoms with van der Waals surface area (Å²) in [5.41, 5.74) is 1.93. The molecule has 0 atom stereocenters. The fraction of sp³-hybridized carbons (Fsp3) is 0.400. The summed E-state index contributed by atoms with van der Waals surface area (Å²) in [5, 5.41) is 3.67. The van der Waals surface area contributed by atoms with E-state index >= 15 is 0 Å². The van der Waals surface area contributed by atoms with Crippen LogP contribution in [0.15, 0.2) is 35.4 Å². The minimum absolute atomic E-state index is 0.0848. The van der Waals surface area contributed by atoms with Gasteiger partial charge < -0.3 is 15.1 Å². The van der Waals surface area contributed by atoms with E-state index < -0.39 is 0 Å². The molecular formula is C20H24N6O2S. The number of hydrogen-bond acceptors (Lipinski definition) is 7. The zero-order valence-electron chi connectivity index (χ0n) is 16.6. The van der Waals surface area contributed by atoms with Crippen molar-refractivity contribution in [2.24, 2.45) is 0 Å². The maximum Gasteiger partial charge on any atom is 0.273 e. The van der Waals surface area contributed by atoms with Crippen LogP contribution in [0.5, 0.6) is 0 Å². The van der Waals surface area contributed by atoms with Crippen LogP contribution in [0.3, 0.4) is 0 Å². The fourth-order valence-corrected chi connectivity index (χ4v) is 4.42. The Morgan fingerprint density at radius 2 is 1.97 bits per heavy atom. The minimum atomic E-state index is -0.261. The van der Waals surface area contributed by atoms with Gasteiger partial charge in [0.15, 0.2) is 10.8 Å². The highest BCUT2D eigenvalue weighted by atomic mass is 32.1. The van der Waals surface area contributed by atoms with Crippen LogP contribution in [0, 0.1) is 6.92 Å². The van der Waals surface area contributed by atoms with Crippen molar-refractivity contribution in [2.75, 3.05) is 42.9 Å². The molecule has 1 aliphatic heterocycles. The average molecular weight is 413 g/mol. The normalized spacial score (nSPS) is 15.0. The number of amides is 1. The molecule has 1 N–H and O–H groups in total. The van der Waals surface area contributed by atoms with E-state index in [0.717, 1.165) is 49.1 Å². The second-order valence-corrected chi connectivity index (χ2v) is 8.09. The molecule has 3 heterocycles. The Hall–Kier alpha value is -2.78. The third kappa shape index (κ3) is 4.15. The van der Waals surface area contributed by atoms with E-state index in [4.69, 9.17) is 0 Å². The topological polar surface area (TPSA) is 83.4 Å². The van der Waals surface area contributed by atoms with Crippen LogP contribution in [0.4, 0.5) is 10.8 Å². The van der Waals surface area contributed by atoms with Crippen LogP contribution in [0.2, 0.25) is 0 Å². The Morgan fingerprint density at radius 3 is 2.69 bits per heavy atom. The number of para-hydroxylation sites is 1. The first-order valence-corrected chi connectivity index (χ1v) is 10.6. The molecular weight excluding hydrogens is 388 g/mol. The Labute approximate surface area is 172 Å². The second-order valence-electron chi connectivity index (χ2n) is 7.11. The van der Waals surface area contributed by atoms with Gasteiger partial charge in [-0.05, 0) is 25.1 Å². The predicted molar refractivity (Wildman–Crippen MR) is 116 cm³/mol. The molecule has 0 radical (unpaired) electrons. The Balaban J connectivity index is 1.51. The molecule has 0 spiro atoms. The van der Waals surface area contributed by atoms with Crippen molar-refractivity contribution in [1.29, 1.82) is 0 Å². The minimum Gasteiger partial charge on any atom is -0.345 e. The van der Waals surface area contributed by atoms with Crippen LogP contribution in [-0.2, 0) is 11.3 Å². The number of likely N-dealkylation sites (N-methyl/N-ethyl adjacent to an activating group) is 1. The van der Waals surface area contributed by atoms with Crippen molar-refractivity contribution in [3.8, 4) is 0 Å². The Morgan fingerprint density at radius 1 is 1.21 bits per heavy atom. The van der Waals surface area contributed by atoms with E-state index in [1.54, 1.807) is 0 Å². The summed E-state index contributed by atoms with van der Waals surface area (Å²) in [6.07, 6.45) is 1.40. The smallest absolute Gasteiger partial charge is 0.273 e. The maximum atomic E-state index is 12.9. The summed E-state index contributed by atoms with van der Waals surface area (Å²) < 4.78 is 1.83. The molecule has 0 aliphatic carbocycles. The van der Waals surface area contributed by atoms with E-state index in [1.165, 1.54) is 22.2 Å². The van der Waals surface area contributed by atoms with Gasteiger partial charge in [-0.15, -0.1) is 0 Å². The molecule has 1 aliphatic rings. The third-order valence-corrected chi connectivity index (χ3v) is 6.29. The molecule has 1 aromatic carbocycles. The number of anilines is 2. The number of aryl methyl sites for hydroxylation is 1. The van der Waals surface area contributed by atoms with Crippen molar-refractivity contribution in [1.82, 2.24) is 19.4 Å². The number of nitrogens with zero attached hydrogens (tertiary/aromatic N) is 5. The van der Waals surface area contributed by atoms with Gasteiger partial charge in [-0.2, -0.15) is 4.98 Å². The number of carbonyl (C=O) groups is 1. The van der Waals surface area contributed by atoms with Gasteiger partial charge in [-0.25, -0.2) is 4.98 Å². The number of nitrogens with one attached hydrogen (secondary N) is 1. The molecule has 1 fully saturated rings. The number of aromatic nitrogens is 3. The lowest BCUT2D eigenvalue weighted by Gasteiger charge is -2.33. The number of piperazine rings is 1. The van der Waals surface area contributed by atoms with Gasteiger partial charge >= 0.3 is 0 Å². The van der Waals surface area contributed by atoms with E-state index in [9.17, 15) is 9.59 Å². The molecule has 4 rings (SSSR count). The highest BCUT2D eigenvalue weighted by Gasteiger charge is 2.20. The van der Waals surface area contributed by atoms with Gasteiger partial charge in [0, 0.05) is 31.9 Å². The monoisotopic (exact) mass is 412 g/mol. The molecule has 0 bridgehead atoms. The van der Waals surface area contributed by atoms with E-state index in [2.05, 4.69) is 32.0 Å². The molecule has 3 aromatic rings. The zero-order chi connectivity index (χ0) is 20.4. The van der Waals surface area contributed by atoms with Crippen molar-refractivity contribution in [3.05, 3.63) is 46.5 Å². The second kappa shape index (κ2) is 8.30. The fourth-order valence-electron chi connectivity index (χ4n) is 3.40. The molecule has 9 heteroatoms. The number of benzene rings is 1. The SMILES string of the molecule is CCN1CCN(c2nc3ncn(CC(=O)Nc4ccccc4C)c(=O)c3s2)CC1. The molecule has 1 saturated heterocycles. The Bertz CT molecular complexity index is 1080. The van der Waals surface area contributed by atoms with Crippen LogP contribution >= 0.6 is 11.3 Å².